The molecule has 1 saturated heterocycles. The van der Waals surface area contributed by atoms with Crippen LogP contribution in [0, 0.1) is 0 Å². The summed E-state index contributed by atoms with van der Waals surface area (Å²) in [6.07, 6.45) is 7.61. The van der Waals surface area contributed by atoms with Gasteiger partial charge in [-0.3, -0.25) is 4.79 Å². The number of piperidine rings is 1. The summed E-state index contributed by atoms with van der Waals surface area (Å²) in [5.74, 6) is 1.12. The zero-order valence-electron chi connectivity index (χ0n) is 13.4. The Kier molecular flexibility index (Phi) is 5.07. The van der Waals surface area contributed by atoms with Crippen molar-refractivity contribution < 1.29 is 4.79 Å². The lowest BCUT2D eigenvalue weighted by Gasteiger charge is -2.33. The Bertz CT molecular complexity index is 665. The molecule has 6 nitrogen and oxygen atoms in total. The van der Waals surface area contributed by atoms with E-state index in [0.717, 1.165) is 49.6 Å². The number of aryl methyl sites for hydroxylation is 1. The molecule has 7 heteroatoms. The fourth-order valence-corrected chi connectivity index (χ4v) is 3.91. The molecular weight excluding hydrogens is 310 g/mol. The third-order valence-electron chi connectivity index (χ3n) is 4.27. The number of likely N-dealkylation sites (tertiary alicyclic amines) is 1. The van der Waals surface area contributed by atoms with Gasteiger partial charge in [0.15, 0.2) is 0 Å². The van der Waals surface area contributed by atoms with Crippen LogP contribution in [0.3, 0.4) is 0 Å². The highest BCUT2D eigenvalue weighted by Gasteiger charge is 2.27. The Hall–Kier alpha value is -1.73. The smallest absolute Gasteiger partial charge is 0.273 e. The minimum Gasteiger partial charge on any atom is -0.335 e. The quantitative estimate of drug-likeness (QED) is 0.906. The zero-order valence-corrected chi connectivity index (χ0v) is 14.3. The minimum atomic E-state index is 0.0346. The lowest BCUT2D eigenvalue weighted by Crippen LogP contribution is -2.41. The highest BCUT2D eigenvalue weighted by molar-refractivity contribution is 7.09. The number of amides is 1. The van der Waals surface area contributed by atoms with E-state index in [2.05, 4.69) is 21.5 Å². The van der Waals surface area contributed by atoms with Gasteiger partial charge < -0.3 is 15.2 Å². The Morgan fingerprint density at radius 1 is 1.52 bits per heavy atom. The SMILES string of the molecule is CCc1nccn1C1CCCN(C(=O)c2csc(CCN)n2)C1. The van der Waals surface area contributed by atoms with Gasteiger partial charge in [-0.25, -0.2) is 9.97 Å². The Labute approximate surface area is 140 Å². The molecule has 0 spiro atoms. The molecule has 2 N–H and O–H groups in total. The first-order valence-electron chi connectivity index (χ1n) is 8.18. The van der Waals surface area contributed by atoms with Gasteiger partial charge in [-0.1, -0.05) is 6.92 Å². The number of thiazole rings is 1. The second-order valence-corrected chi connectivity index (χ2v) is 6.76. The van der Waals surface area contributed by atoms with Gasteiger partial charge in [-0.2, -0.15) is 0 Å². The van der Waals surface area contributed by atoms with Gasteiger partial charge in [-0.15, -0.1) is 11.3 Å². The monoisotopic (exact) mass is 333 g/mol. The maximum Gasteiger partial charge on any atom is 0.273 e. The number of imidazole rings is 1. The second-order valence-electron chi connectivity index (χ2n) is 5.82. The van der Waals surface area contributed by atoms with Crippen molar-refractivity contribution in [3.63, 3.8) is 0 Å². The largest absolute Gasteiger partial charge is 0.335 e. The lowest BCUT2D eigenvalue weighted by atomic mass is 10.0. The molecule has 0 aliphatic carbocycles. The number of rotatable bonds is 5. The summed E-state index contributed by atoms with van der Waals surface area (Å²) >= 11 is 1.52. The summed E-state index contributed by atoms with van der Waals surface area (Å²) in [6.45, 7) is 4.20. The molecule has 2 aromatic heterocycles. The molecule has 23 heavy (non-hydrogen) atoms. The van der Waals surface area contributed by atoms with Crippen molar-refractivity contribution >= 4 is 17.2 Å². The standard InChI is InChI=1S/C16H23N5OS/c1-2-14-18-7-9-21(14)12-4-3-8-20(10-12)16(22)13-11-23-15(19-13)5-6-17/h7,9,11-12H,2-6,8,10,17H2,1H3. The number of hydrogen-bond donors (Lipinski definition) is 1. The van der Waals surface area contributed by atoms with Gasteiger partial charge in [0.25, 0.3) is 5.91 Å². The number of aromatic nitrogens is 3. The van der Waals surface area contributed by atoms with E-state index >= 15 is 0 Å². The van der Waals surface area contributed by atoms with E-state index in [1.165, 1.54) is 11.3 Å². The molecule has 1 atom stereocenters. The predicted molar refractivity (Wildman–Crippen MR) is 90.7 cm³/mol. The molecular formula is C16H23N5OS. The molecule has 1 amide bonds. The van der Waals surface area contributed by atoms with Crippen LogP contribution in [0.25, 0.3) is 0 Å². The van der Waals surface area contributed by atoms with Crippen molar-refractivity contribution in [1.29, 1.82) is 0 Å². The Morgan fingerprint density at radius 3 is 3.17 bits per heavy atom. The van der Waals surface area contributed by atoms with E-state index in [-0.39, 0.29) is 5.91 Å². The number of nitrogens with zero attached hydrogens (tertiary/aromatic N) is 4. The first-order valence-corrected chi connectivity index (χ1v) is 9.06. The molecule has 124 valence electrons. The number of hydrogen-bond acceptors (Lipinski definition) is 5. The molecule has 0 radical (unpaired) electrons. The zero-order chi connectivity index (χ0) is 16.2. The van der Waals surface area contributed by atoms with Crippen molar-refractivity contribution in [2.75, 3.05) is 19.6 Å². The van der Waals surface area contributed by atoms with Crippen molar-refractivity contribution in [2.24, 2.45) is 5.73 Å². The van der Waals surface area contributed by atoms with Gasteiger partial charge in [0, 0.05) is 43.7 Å². The van der Waals surface area contributed by atoms with E-state index < -0.39 is 0 Å². The number of nitrogens with two attached hydrogens (primary N) is 1. The van der Waals surface area contributed by atoms with Gasteiger partial charge in [0.05, 0.1) is 11.0 Å². The fraction of sp³-hybridized carbons (Fsp3) is 0.562. The third kappa shape index (κ3) is 3.45. The molecule has 0 aromatic carbocycles. The predicted octanol–water partition coefficient (Wildman–Crippen LogP) is 1.88. The first kappa shape index (κ1) is 16.1. The average Bonchev–Trinajstić information content (AvgIpc) is 3.23. The molecule has 3 heterocycles. The maximum absolute atomic E-state index is 12.7. The summed E-state index contributed by atoms with van der Waals surface area (Å²) in [5, 5.41) is 2.79. The third-order valence-corrected chi connectivity index (χ3v) is 5.18. The van der Waals surface area contributed by atoms with Gasteiger partial charge in [-0.05, 0) is 19.4 Å². The van der Waals surface area contributed by atoms with Crippen LogP contribution in [0.2, 0.25) is 0 Å². The molecule has 1 fully saturated rings. The first-order chi connectivity index (χ1) is 11.2. The molecule has 1 unspecified atom stereocenters. The summed E-state index contributed by atoms with van der Waals surface area (Å²) < 4.78 is 2.22. The normalized spacial score (nSPS) is 18.3. The fourth-order valence-electron chi connectivity index (χ4n) is 3.13. The van der Waals surface area contributed by atoms with Crippen molar-refractivity contribution in [2.45, 2.75) is 38.6 Å². The second kappa shape index (κ2) is 7.23. The van der Waals surface area contributed by atoms with Crippen LogP contribution in [0.1, 0.15) is 47.1 Å². The van der Waals surface area contributed by atoms with Gasteiger partial charge in [0.2, 0.25) is 0 Å². The van der Waals surface area contributed by atoms with E-state index in [1.807, 2.05) is 22.7 Å². The van der Waals surface area contributed by atoms with E-state index in [0.29, 0.717) is 18.3 Å². The van der Waals surface area contributed by atoms with E-state index in [9.17, 15) is 4.79 Å². The Balaban J connectivity index is 1.71. The lowest BCUT2D eigenvalue weighted by molar-refractivity contribution is 0.0672. The van der Waals surface area contributed by atoms with Crippen molar-refractivity contribution in [1.82, 2.24) is 19.4 Å². The number of carbonyl (C=O) groups is 1. The average molecular weight is 333 g/mol. The molecule has 1 aliphatic rings. The topological polar surface area (TPSA) is 77.0 Å². The van der Waals surface area contributed by atoms with Crippen molar-refractivity contribution in [3.05, 3.63) is 34.3 Å². The summed E-state index contributed by atoms with van der Waals surface area (Å²) in [6, 6.07) is 0.312. The van der Waals surface area contributed by atoms with Crippen LogP contribution in [0.5, 0.6) is 0 Å². The van der Waals surface area contributed by atoms with Gasteiger partial charge >= 0.3 is 0 Å². The van der Waals surface area contributed by atoms with E-state index in [4.69, 9.17) is 5.73 Å². The van der Waals surface area contributed by atoms with Crippen LogP contribution in [0.4, 0.5) is 0 Å². The molecule has 1 aliphatic heterocycles. The van der Waals surface area contributed by atoms with E-state index in [1.54, 1.807) is 0 Å². The molecule has 3 rings (SSSR count). The van der Waals surface area contributed by atoms with Crippen LogP contribution < -0.4 is 5.73 Å². The summed E-state index contributed by atoms with van der Waals surface area (Å²) in [4.78, 5) is 23.4. The molecule has 0 bridgehead atoms. The van der Waals surface area contributed by atoms with Crippen molar-refractivity contribution in [3.8, 4) is 0 Å². The molecule has 0 saturated carbocycles. The summed E-state index contributed by atoms with van der Waals surface area (Å²) in [5.41, 5.74) is 6.11. The van der Waals surface area contributed by atoms with Crippen LogP contribution in [-0.2, 0) is 12.8 Å². The minimum absolute atomic E-state index is 0.0346. The summed E-state index contributed by atoms with van der Waals surface area (Å²) in [7, 11) is 0. The highest BCUT2D eigenvalue weighted by Crippen LogP contribution is 2.24. The Morgan fingerprint density at radius 2 is 2.39 bits per heavy atom. The number of carbonyl (C=O) groups excluding carboxylic acids is 1. The highest BCUT2D eigenvalue weighted by atomic mass is 32.1. The van der Waals surface area contributed by atoms with Crippen LogP contribution in [-0.4, -0.2) is 45.0 Å². The maximum atomic E-state index is 12.7. The van der Waals surface area contributed by atoms with Crippen LogP contribution >= 0.6 is 11.3 Å². The van der Waals surface area contributed by atoms with Crippen LogP contribution in [0.15, 0.2) is 17.8 Å². The molecule has 2 aromatic rings. The van der Waals surface area contributed by atoms with Gasteiger partial charge in [0.1, 0.15) is 11.5 Å².